The number of rotatable bonds is 3. The molecular formula is C13H21N3O3. The monoisotopic (exact) mass is 267 g/mol. The number of hydrogen-bond donors (Lipinski definition) is 1. The van der Waals surface area contributed by atoms with Crippen LogP contribution in [0.15, 0.2) is 6.20 Å². The quantitative estimate of drug-likeness (QED) is 0.886. The normalized spacial score (nSPS) is 22.5. The van der Waals surface area contributed by atoms with E-state index in [1.165, 1.54) is 0 Å². The van der Waals surface area contributed by atoms with Gasteiger partial charge in [-0.3, -0.25) is 9.89 Å². The third-order valence-corrected chi connectivity index (χ3v) is 3.18. The first-order valence-electron chi connectivity index (χ1n) is 6.39. The van der Waals surface area contributed by atoms with Crippen LogP contribution in [0.25, 0.3) is 0 Å². The Morgan fingerprint density at radius 1 is 1.68 bits per heavy atom. The van der Waals surface area contributed by atoms with E-state index in [0.29, 0.717) is 25.3 Å². The van der Waals surface area contributed by atoms with Crippen LogP contribution in [0.5, 0.6) is 0 Å². The molecule has 1 N–H and O–H groups in total. The average Bonchev–Trinajstić information content (AvgIpc) is 2.73. The topological polar surface area (TPSA) is 67.5 Å². The highest BCUT2D eigenvalue weighted by Gasteiger charge is 2.36. The number of nitrogens with one attached hydrogen (secondary N) is 1. The Bertz CT molecular complexity index is 456. The number of aromatic nitrogens is 2. The number of amides is 1. The minimum absolute atomic E-state index is 0.0104. The third kappa shape index (κ3) is 3.13. The fraction of sp³-hybridized carbons (Fsp3) is 0.692. The van der Waals surface area contributed by atoms with Crippen LogP contribution >= 0.6 is 0 Å². The van der Waals surface area contributed by atoms with Crippen molar-refractivity contribution in [1.82, 2.24) is 15.1 Å². The molecule has 1 aliphatic heterocycles. The molecule has 2 rings (SSSR count). The largest absolute Gasteiger partial charge is 0.382 e. The van der Waals surface area contributed by atoms with Gasteiger partial charge in [0, 0.05) is 25.9 Å². The molecule has 0 spiro atoms. The lowest BCUT2D eigenvalue weighted by atomic mass is 10.0. The summed E-state index contributed by atoms with van der Waals surface area (Å²) in [6.07, 6.45) is 1.48. The lowest BCUT2D eigenvalue weighted by Gasteiger charge is -2.42. The van der Waals surface area contributed by atoms with E-state index in [2.05, 4.69) is 10.2 Å². The Balaban J connectivity index is 2.15. The van der Waals surface area contributed by atoms with Crippen molar-refractivity contribution >= 4 is 5.91 Å². The lowest BCUT2D eigenvalue weighted by Crippen LogP contribution is -2.55. The van der Waals surface area contributed by atoms with Gasteiger partial charge < -0.3 is 14.4 Å². The molecule has 1 atom stereocenters. The van der Waals surface area contributed by atoms with Gasteiger partial charge in [0.15, 0.2) is 0 Å². The second-order valence-corrected chi connectivity index (χ2v) is 5.55. The predicted octanol–water partition coefficient (Wildman–Crippen LogP) is 0.984. The summed E-state index contributed by atoms with van der Waals surface area (Å²) in [6, 6.07) is 0. The molecule has 106 valence electrons. The Labute approximate surface area is 113 Å². The van der Waals surface area contributed by atoms with Gasteiger partial charge in [0.2, 0.25) is 0 Å². The number of H-pyrrole nitrogens is 1. The van der Waals surface area contributed by atoms with Gasteiger partial charge in [-0.05, 0) is 20.8 Å². The van der Waals surface area contributed by atoms with Crippen molar-refractivity contribution in [3.8, 4) is 0 Å². The predicted molar refractivity (Wildman–Crippen MR) is 70.1 cm³/mol. The number of aryl methyl sites for hydroxylation is 1. The van der Waals surface area contributed by atoms with Gasteiger partial charge in [0.05, 0.1) is 30.1 Å². The number of aromatic amines is 1. The maximum absolute atomic E-state index is 12.5. The number of methoxy groups -OCH3 is 1. The van der Waals surface area contributed by atoms with E-state index < -0.39 is 0 Å². The van der Waals surface area contributed by atoms with Crippen LogP contribution in [0.3, 0.4) is 0 Å². The molecule has 0 aliphatic carbocycles. The first kappa shape index (κ1) is 14.0. The Kier molecular flexibility index (Phi) is 3.91. The van der Waals surface area contributed by atoms with Gasteiger partial charge in [-0.2, -0.15) is 5.10 Å². The lowest BCUT2D eigenvalue weighted by molar-refractivity contribution is -0.143. The number of carbonyl (C=O) groups is 1. The van der Waals surface area contributed by atoms with Crippen molar-refractivity contribution in [3.63, 3.8) is 0 Å². The van der Waals surface area contributed by atoms with Crippen LogP contribution in [0.4, 0.5) is 0 Å². The molecule has 1 aromatic rings. The van der Waals surface area contributed by atoms with Gasteiger partial charge in [-0.15, -0.1) is 0 Å². The molecule has 0 bridgehead atoms. The summed E-state index contributed by atoms with van der Waals surface area (Å²) in [5, 5.41) is 6.69. The van der Waals surface area contributed by atoms with E-state index in [1.807, 2.05) is 25.7 Å². The summed E-state index contributed by atoms with van der Waals surface area (Å²) in [5.74, 6) is -0.0104. The minimum Gasteiger partial charge on any atom is -0.382 e. The summed E-state index contributed by atoms with van der Waals surface area (Å²) in [5.41, 5.74) is 1.04. The highest BCUT2D eigenvalue weighted by atomic mass is 16.5. The maximum atomic E-state index is 12.5. The fourth-order valence-electron chi connectivity index (χ4n) is 2.46. The van der Waals surface area contributed by atoms with Crippen LogP contribution in [-0.2, 0) is 9.47 Å². The zero-order chi connectivity index (χ0) is 14.0. The molecule has 0 aromatic carbocycles. The molecule has 1 amide bonds. The first-order valence-corrected chi connectivity index (χ1v) is 6.39. The van der Waals surface area contributed by atoms with Crippen LogP contribution < -0.4 is 0 Å². The zero-order valence-corrected chi connectivity index (χ0v) is 11.9. The van der Waals surface area contributed by atoms with Crippen LogP contribution in [-0.4, -0.2) is 59.5 Å². The second-order valence-electron chi connectivity index (χ2n) is 5.55. The molecule has 1 saturated heterocycles. The summed E-state index contributed by atoms with van der Waals surface area (Å²) in [4.78, 5) is 14.3. The standard InChI is InChI=1S/C13H21N3O3/c1-9-11(5-14-15-9)12(17)16-6-10(7-18-4)19-13(2,3)8-16/h5,10H,6-8H2,1-4H3,(H,14,15)/t10-/m0/s1. The van der Waals surface area contributed by atoms with Crippen LogP contribution in [0, 0.1) is 6.92 Å². The van der Waals surface area contributed by atoms with Gasteiger partial charge in [-0.1, -0.05) is 0 Å². The van der Waals surface area contributed by atoms with Crippen molar-refractivity contribution in [3.05, 3.63) is 17.5 Å². The number of morpholine rings is 1. The Morgan fingerprint density at radius 3 is 3.00 bits per heavy atom. The van der Waals surface area contributed by atoms with E-state index in [1.54, 1.807) is 13.3 Å². The molecule has 1 fully saturated rings. The zero-order valence-electron chi connectivity index (χ0n) is 11.9. The molecule has 2 heterocycles. The van der Waals surface area contributed by atoms with E-state index >= 15 is 0 Å². The Hall–Kier alpha value is -1.40. The molecule has 1 aliphatic rings. The smallest absolute Gasteiger partial charge is 0.257 e. The maximum Gasteiger partial charge on any atom is 0.257 e. The van der Waals surface area contributed by atoms with Crippen molar-refractivity contribution in [1.29, 1.82) is 0 Å². The van der Waals surface area contributed by atoms with Crippen molar-refractivity contribution in [2.45, 2.75) is 32.5 Å². The average molecular weight is 267 g/mol. The van der Waals surface area contributed by atoms with Gasteiger partial charge in [-0.25, -0.2) is 0 Å². The second kappa shape index (κ2) is 5.30. The van der Waals surface area contributed by atoms with E-state index in [9.17, 15) is 4.79 Å². The summed E-state index contributed by atoms with van der Waals surface area (Å²) >= 11 is 0. The van der Waals surface area contributed by atoms with Crippen molar-refractivity contribution in [2.24, 2.45) is 0 Å². The number of ether oxygens (including phenoxy) is 2. The van der Waals surface area contributed by atoms with Gasteiger partial charge in [0.1, 0.15) is 0 Å². The SMILES string of the molecule is COC[C@@H]1CN(C(=O)c2cn[nH]c2C)CC(C)(C)O1. The van der Waals surface area contributed by atoms with Gasteiger partial charge >= 0.3 is 0 Å². The van der Waals surface area contributed by atoms with Crippen molar-refractivity contribution in [2.75, 3.05) is 26.8 Å². The molecule has 19 heavy (non-hydrogen) atoms. The Morgan fingerprint density at radius 2 is 2.42 bits per heavy atom. The first-order chi connectivity index (χ1) is 8.93. The third-order valence-electron chi connectivity index (χ3n) is 3.18. The summed E-state index contributed by atoms with van der Waals surface area (Å²) in [7, 11) is 1.64. The highest BCUT2D eigenvalue weighted by molar-refractivity contribution is 5.95. The number of hydrogen-bond acceptors (Lipinski definition) is 4. The number of carbonyl (C=O) groups excluding carboxylic acids is 1. The molecule has 0 saturated carbocycles. The highest BCUT2D eigenvalue weighted by Crippen LogP contribution is 2.23. The molecular weight excluding hydrogens is 246 g/mol. The molecule has 6 heteroatoms. The van der Waals surface area contributed by atoms with Crippen LogP contribution in [0.1, 0.15) is 29.9 Å². The number of nitrogens with zero attached hydrogens (tertiary/aromatic N) is 2. The summed E-state index contributed by atoms with van der Waals surface area (Å²) < 4.78 is 11.0. The molecule has 1 aromatic heterocycles. The van der Waals surface area contributed by atoms with Crippen molar-refractivity contribution < 1.29 is 14.3 Å². The minimum atomic E-state index is -0.366. The van der Waals surface area contributed by atoms with E-state index in [4.69, 9.17) is 9.47 Å². The van der Waals surface area contributed by atoms with Gasteiger partial charge in [0.25, 0.3) is 5.91 Å². The fourth-order valence-corrected chi connectivity index (χ4v) is 2.46. The van der Waals surface area contributed by atoms with E-state index in [-0.39, 0.29) is 17.6 Å². The molecule has 6 nitrogen and oxygen atoms in total. The molecule has 0 radical (unpaired) electrons. The van der Waals surface area contributed by atoms with Crippen LogP contribution in [0.2, 0.25) is 0 Å². The van der Waals surface area contributed by atoms with E-state index in [0.717, 1.165) is 5.69 Å². The summed E-state index contributed by atoms with van der Waals surface area (Å²) in [6.45, 7) is 7.40. The molecule has 0 unspecified atom stereocenters.